The highest BCUT2D eigenvalue weighted by Gasteiger charge is 2.25. The van der Waals surface area contributed by atoms with Crippen molar-refractivity contribution in [1.29, 1.82) is 0 Å². The molecule has 0 aromatic carbocycles. The van der Waals surface area contributed by atoms with Gasteiger partial charge in [-0.2, -0.15) is 0 Å². The maximum Gasteiger partial charge on any atom is 0.154 e. The lowest BCUT2D eigenvalue weighted by molar-refractivity contribution is -0.125. The second-order valence-corrected chi connectivity index (χ2v) is 3.13. The molecular formula is C8H15NO2. The summed E-state index contributed by atoms with van der Waals surface area (Å²) in [4.78, 5) is 11.4. The number of aliphatic hydroxyl groups excluding tert-OH is 1. The fourth-order valence-corrected chi connectivity index (χ4v) is 1.36. The molecule has 0 aromatic rings. The third-order valence-electron chi connectivity index (χ3n) is 2.16. The molecule has 0 bridgehead atoms. The molecule has 2 N–H and O–H groups in total. The van der Waals surface area contributed by atoms with E-state index in [2.05, 4.69) is 5.32 Å². The Bertz CT molecular complexity index is 141. The van der Waals surface area contributed by atoms with E-state index in [1.54, 1.807) is 6.92 Å². The van der Waals surface area contributed by atoms with Gasteiger partial charge in [0, 0.05) is 5.92 Å². The van der Waals surface area contributed by atoms with Crippen molar-refractivity contribution in [2.45, 2.75) is 25.8 Å². The van der Waals surface area contributed by atoms with Gasteiger partial charge in [0.25, 0.3) is 0 Å². The molecule has 64 valence electrons. The summed E-state index contributed by atoms with van der Waals surface area (Å²) in [5, 5.41) is 11.8. The topological polar surface area (TPSA) is 49.3 Å². The van der Waals surface area contributed by atoms with Crippen molar-refractivity contribution in [1.82, 2.24) is 5.32 Å². The van der Waals surface area contributed by atoms with Gasteiger partial charge in [-0.3, -0.25) is 4.79 Å². The van der Waals surface area contributed by atoms with Crippen LogP contribution in [0.2, 0.25) is 0 Å². The summed E-state index contributed by atoms with van der Waals surface area (Å²) in [6.07, 6.45) is 2.01. The van der Waals surface area contributed by atoms with E-state index in [0.29, 0.717) is 0 Å². The normalized spacial score (nSPS) is 26.9. The Balaban J connectivity index is 2.39. The van der Waals surface area contributed by atoms with Gasteiger partial charge in [0.2, 0.25) is 0 Å². The number of carbonyl (C=O) groups is 1. The average molecular weight is 157 g/mol. The zero-order valence-corrected chi connectivity index (χ0v) is 6.84. The van der Waals surface area contributed by atoms with Gasteiger partial charge in [-0.25, -0.2) is 0 Å². The predicted octanol–water partition coefficient (Wildman–Crippen LogP) is -0.0641. The van der Waals surface area contributed by atoms with E-state index in [-0.39, 0.29) is 24.3 Å². The number of hydrogen-bond donors (Lipinski definition) is 2. The molecule has 3 nitrogen and oxygen atoms in total. The van der Waals surface area contributed by atoms with Crippen LogP contribution in [-0.2, 0) is 4.79 Å². The lowest BCUT2D eigenvalue weighted by Crippen LogP contribution is -2.35. The number of nitrogens with one attached hydrogen (secondary N) is 1. The first-order chi connectivity index (χ1) is 5.25. The number of aliphatic hydroxyl groups is 1. The smallest absolute Gasteiger partial charge is 0.154 e. The SMILES string of the molecule is CC(CO)C(=O)C1CCCN1. The number of ketones is 1. The van der Waals surface area contributed by atoms with E-state index in [0.717, 1.165) is 19.4 Å². The molecule has 0 aliphatic carbocycles. The van der Waals surface area contributed by atoms with Crippen molar-refractivity contribution < 1.29 is 9.90 Å². The molecule has 2 atom stereocenters. The first-order valence-corrected chi connectivity index (χ1v) is 4.13. The van der Waals surface area contributed by atoms with Gasteiger partial charge in [-0.1, -0.05) is 6.92 Å². The van der Waals surface area contributed by atoms with E-state index in [1.165, 1.54) is 0 Å². The zero-order chi connectivity index (χ0) is 8.27. The van der Waals surface area contributed by atoms with Crippen molar-refractivity contribution in [3.63, 3.8) is 0 Å². The number of rotatable bonds is 3. The maximum atomic E-state index is 11.4. The van der Waals surface area contributed by atoms with Gasteiger partial charge in [0.1, 0.15) is 0 Å². The van der Waals surface area contributed by atoms with E-state index in [4.69, 9.17) is 5.11 Å². The van der Waals surface area contributed by atoms with Gasteiger partial charge in [0.15, 0.2) is 5.78 Å². The molecule has 0 radical (unpaired) electrons. The Labute approximate surface area is 66.8 Å². The molecule has 0 saturated carbocycles. The second-order valence-electron chi connectivity index (χ2n) is 3.13. The number of Topliss-reactive ketones (excluding diaryl/α,β-unsaturated/α-hetero) is 1. The van der Waals surface area contributed by atoms with E-state index in [1.807, 2.05) is 0 Å². The Morgan fingerprint density at radius 2 is 2.55 bits per heavy atom. The van der Waals surface area contributed by atoms with Gasteiger partial charge in [-0.15, -0.1) is 0 Å². The van der Waals surface area contributed by atoms with E-state index >= 15 is 0 Å². The monoisotopic (exact) mass is 157 g/mol. The minimum atomic E-state index is -0.203. The highest BCUT2D eigenvalue weighted by Crippen LogP contribution is 2.10. The summed E-state index contributed by atoms with van der Waals surface area (Å²) in [5.74, 6) is -0.0457. The molecule has 1 saturated heterocycles. The first-order valence-electron chi connectivity index (χ1n) is 4.13. The van der Waals surface area contributed by atoms with Crippen molar-refractivity contribution in [2.75, 3.05) is 13.2 Å². The molecule has 1 aliphatic rings. The molecule has 3 heteroatoms. The highest BCUT2D eigenvalue weighted by molar-refractivity contribution is 5.86. The largest absolute Gasteiger partial charge is 0.396 e. The highest BCUT2D eigenvalue weighted by atomic mass is 16.3. The number of hydrogen-bond acceptors (Lipinski definition) is 3. The summed E-state index contributed by atoms with van der Waals surface area (Å²) in [6.45, 7) is 2.67. The molecule has 0 amide bonds. The molecule has 1 rings (SSSR count). The van der Waals surface area contributed by atoms with E-state index < -0.39 is 0 Å². The Morgan fingerprint density at radius 1 is 1.82 bits per heavy atom. The molecule has 0 spiro atoms. The lowest BCUT2D eigenvalue weighted by atomic mass is 10.00. The van der Waals surface area contributed by atoms with Crippen LogP contribution < -0.4 is 5.32 Å². The Hall–Kier alpha value is -0.410. The summed E-state index contributed by atoms with van der Waals surface area (Å²) in [7, 11) is 0. The van der Waals surface area contributed by atoms with Crippen LogP contribution in [0, 0.1) is 5.92 Å². The molecule has 1 heterocycles. The lowest BCUT2D eigenvalue weighted by Gasteiger charge is -2.12. The third kappa shape index (κ3) is 2.01. The van der Waals surface area contributed by atoms with Crippen LogP contribution >= 0.6 is 0 Å². The third-order valence-corrected chi connectivity index (χ3v) is 2.16. The molecule has 2 unspecified atom stereocenters. The van der Waals surface area contributed by atoms with Crippen molar-refractivity contribution in [3.8, 4) is 0 Å². The van der Waals surface area contributed by atoms with Gasteiger partial charge in [-0.05, 0) is 19.4 Å². The van der Waals surface area contributed by atoms with Gasteiger partial charge < -0.3 is 10.4 Å². The van der Waals surface area contributed by atoms with Crippen LogP contribution in [0.15, 0.2) is 0 Å². The van der Waals surface area contributed by atoms with Gasteiger partial charge >= 0.3 is 0 Å². The summed E-state index contributed by atoms with van der Waals surface area (Å²) < 4.78 is 0. The van der Waals surface area contributed by atoms with Crippen molar-refractivity contribution >= 4 is 5.78 Å². The fourth-order valence-electron chi connectivity index (χ4n) is 1.36. The molecule has 11 heavy (non-hydrogen) atoms. The summed E-state index contributed by atoms with van der Waals surface area (Å²) in [6, 6.07) is 0.0112. The van der Waals surface area contributed by atoms with Crippen LogP contribution in [0.25, 0.3) is 0 Å². The van der Waals surface area contributed by atoms with E-state index in [9.17, 15) is 4.79 Å². The average Bonchev–Trinajstić information content (AvgIpc) is 2.53. The van der Waals surface area contributed by atoms with Crippen LogP contribution in [0.3, 0.4) is 0 Å². The van der Waals surface area contributed by atoms with Crippen molar-refractivity contribution in [3.05, 3.63) is 0 Å². The summed E-state index contributed by atoms with van der Waals surface area (Å²) >= 11 is 0. The number of carbonyl (C=O) groups excluding carboxylic acids is 1. The zero-order valence-electron chi connectivity index (χ0n) is 6.84. The van der Waals surface area contributed by atoms with Gasteiger partial charge in [0.05, 0.1) is 12.6 Å². The standard InChI is InChI=1S/C8H15NO2/c1-6(5-10)8(11)7-3-2-4-9-7/h6-7,9-10H,2-5H2,1H3. The molecule has 0 aromatic heterocycles. The minimum Gasteiger partial charge on any atom is -0.396 e. The molecule has 1 fully saturated rings. The summed E-state index contributed by atoms with van der Waals surface area (Å²) in [5.41, 5.74) is 0. The van der Waals surface area contributed by atoms with Crippen molar-refractivity contribution in [2.24, 2.45) is 5.92 Å². The predicted molar refractivity (Wildman–Crippen MR) is 42.3 cm³/mol. The second kappa shape index (κ2) is 3.83. The Kier molecular flexibility index (Phi) is 3.02. The first kappa shape index (κ1) is 8.68. The molecule has 1 aliphatic heterocycles. The Morgan fingerprint density at radius 3 is 3.00 bits per heavy atom. The van der Waals surface area contributed by atoms with Crippen LogP contribution in [-0.4, -0.2) is 30.1 Å². The van der Waals surface area contributed by atoms with Crippen LogP contribution in [0.5, 0.6) is 0 Å². The minimum absolute atomic E-state index is 0.0112. The maximum absolute atomic E-state index is 11.4. The fraction of sp³-hybridized carbons (Fsp3) is 0.875. The quantitative estimate of drug-likeness (QED) is 0.603. The van der Waals surface area contributed by atoms with Crippen LogP contribution in [0.1, 0.15) is 19.8 Å². The van der Waals surface area contributed by atoms with Crippen LogP contribution in [0.4, 0.5) is 0 Å². The molecular weight excluding hydrogens is 142 g/mol.